The molecular formula is C12H11Cl2NOS. The Kier molecular flexibility index (Phi) is 4.26. The minimum Gasteiger partial charge on any atom is -0.488 e. The third kappa shape index (κ3) is 3.35. The first kappa shape index (κ1) is 12.7. The fourth-order valence-electron chi connectivity index (χ4n) is 1.42. The van der Waals surface area contributed by atoms with Gasteiger partial charge in [-0.05, 0) is 30.2 Å². The molecule has 0 bridgehead atoms. The highest BCUT2D eigenvalue weighted by atomic mass is 35.5. The second kappa shape index (κ2) is 5.71. The summed E-state index contributed by atoms with van der Waals surface area (Å²) >= 11 is 13.2. The number of rotatable bonds is 4. The van der Waals surface area contributed by atoms with Gasteiger partial charge in [-0.2, -0.15) is 0 Å². The molecule has 90 valence electrons. The van der Waals surface area contributed by atoms with Gasteiger partial charge in [0.2, 0.25) is 0 Å². The smallest absolute Gasteiger partial charge is 0.183 e. The number of thiazole rings is 1. The van der Waals surface area contributed by atoms with Crippen LogP contribution in [0, 0.1) is 0 Å². The van der Waals surface area contributed by atoms with Crippen molar-refractivity contribution in [3.05, 3.63) is 44.3 Å². The average molecular weight is 288 g/mol. The molecule has 0 saturated carbocycles. The molecule has 2 nitrogen and oxygen atoms in total. The predicted molar refractivity (Wildman–Crippen MR) is 72.3 cm³/mol. The zero-order chi connectivity index (χ0) is 12.3. The van der Waals surface area contributed by atoms with Crippen LogP contribution in [0.5, 0.6) is 5.75 Å². The van der Waals surface area contributed by atoms with Gasteiger partial charge < -0.3 is 4.74 Å². The van der Waals surface area contributed by atoms with Crippen molar-refractivity contribution in [2.75, 3.05) is 0 Å². The molecule has 0 spiro atoms. The highest BCUT2D eigenvalue weighted by molar-refractivity contribution is 7.15. The molecule has 0 N–H and O–H groups in total. The van der Waals surface area contributed by atoms with Crippen molar-refractivity contribution < 1.29 is 4.74 Å². The summed E-state index contributed by atoms with van der Waals surface area (Å²) in [7, 11) is 0. The van der Waals surface area contributed by atoms with E-state index in [1.807, 2.05) is 18.2 Å². The monoisotopic (exact) mass is 287 g/mol. The SMILES string of the molecule is CCc1cc(OCc2cnc(Cl)s2)ccc1Cl. The number of aryl methyl sites for hydroxylation is 1. The Labute approximate surface area is 114 Å². The maximum absolute atomic E-state index is 6.04. The molecule has 0 unspecified atom stereocenters. The van der Waals surface area contributed by atoms with E-state index in [0.29, 0.717) is 11.1 Å². The zero-order valence-electron chi connectivity index (χ0n) is 9.24. The second-order valence-electron chi connectivity index (χ2n) is 3.47. The predicted octanol–water partition coefficient (Wildman–Crippen LogP) is 4.59. The van der Waals surface area contributed by atoms with Gasteiger partial charge in [-0.1, -0.05) is 30.1 Å². The third-order valence-electron chi connectivity index (χ3n) is 2.30. The molecule has 0 radical (unpaired) electrons. The summed E-state index contributed by atoms with van der Waals surface area (Å²) in [4.78, 5) is 4.96. The largest absolute Gasteiger partial charge is 0.488 e. The van der Waals surface area contributed by atoms with Gasteiger partial charge in [-0.25, -0.2) is 4.98 Å². The van der Waals surface area contributed by atoms with Crippen LogP contribution in [0.25, 0.3) is 0 Å². The highest BCUT2D eigenvalue weighted by Crippen LogP contribution is 2.24. The van der Waals surface area contributed by atoms with Crippen molar-refractivity contribution in [2.45, 2.75) is 20.0 Å². The quantitative estimate of drug-likeness (QED) is 0.820. The van der Waals surface area contributed by atoms with Crippen LogP contribution in [0.2, 0.25) is 9.49 Å². The number of hydrogen-bond donors (Lipinski definition) is 0. The van der Waals surface area contributed by atoms with E-state index in [0.717, 1.165) is 27.6 Å². The lowest BCUT2D eigenvalue weighted by Crippen LogP contribution is -1.94. The lowest BCUT2D eigenvalue weighted by molar-refractivity contribution is 0.309. The van der Waals surface area contributed by atoms with Crippen LogP contribution in [0.3, 0.4) is 0 Å². The van der Waals surface area contributed by atoms with Crippen molar-refractivity contribution in [3.63, 3.8) is 0 Å². The number of hydrogen-bond acceptors (Lipinski definition) is 3. The Morgan fingerprint density at radius 2 is 2.18 bits per heavy atom. The van der Waals surface area contributed by atoms with Crippen LogP contribution in [0.15, 0.2) is 24.4 Å². The lowest BCUT2D eigenvalue weighted by atomic mass is 10.1. The van der Waals surface area contributed by atoms with Crippen LogP contribution in [-0.2, 0) is 13.0 Å². The third-order valence-corrected chi connectivity index (χ3v) is 3.76. The van der Waals surface area contributed by atoms with E-state index in [4.69, 9.17) is 27.9 Å². The summed E-state index contributed by atoms with van der Waals surface area (Å²) in [6, 6.07) is 5.69. The fraction of sp³-hybridized carbons (Fsp3) is 0.250. The molecule has 0 aliphatic rings. The van der Waals surface area contributed by atoms with E-state index in [9.17, 15) is 0 Å². The van der Waals surface area contributed by atoms with Gasteiger partial charge in [0.1, 0.15) is 12.4 Å². The minimum atomic E-state index is 0.481. The molecule has 0 saturated heterocycles. The summed E-state index contributed by atoms with van der Waals surface area (Å²) in [5.41, 5.74) is 1.09. The number of halogens is 2. The van der Waals surface area contributed by atoms with Gasteiger partial charge in [-0.15, -0.1) is 11.3 Å². The average Bonchev–Trinajstić information content (AvgIpc) is 2.74. The Hall–Kier alpha value is -0.770. The van der Waals surface area contributed by atoms with Gasteiger partial charge in [0, 0.05) is 11.2 Å². The lowest BCUT2D eigenvalue weighted by Gasteiger charge is -2.07. The molecule has 1 aromatic carbocycles. The summed E-state index contributed by atoms with van der Waals surface area (Å²) in [5, 5.41) is 0.778. The van der Waals surface area contributed by atoms with E-state index in [2.05, 4.69) is 11.9 Å². The number of ether oxygens (including phenoxy) is 1. The van der Waals surface area contributed by atoms with Gasteiger partial charge >= 0.3 is 0 Å². The Bertz CT molecular complexity index is 513. The molecule has 0 amide bonds. The molecule has 0 atom stereocenters. The molecule has 2 rings (SSSR count). The first-order valence-electron chi connectivity index (χ1n) is 5.20. The highest BCUT2D eigenvalue weighted by Gasteiger charge is 2.03. The molecule has 0 fully saturated rings. The number of aromatic nitrogens is 1. The standard InChI is InChI=1S/C12H11Cl2NOS/c1-2-8-5-9(3-4-11(8)13)16-7-10-6-15-12(14)17-10/h3-6H,2,7H2,1H3. The maximum Gasteiger partial charge on any atom is 0.183 e. The summed E-state index contributed by atoms with van der Waals surface area (Å²) in [5.74, 6) is 0.816. The first-order valence-corrected chi connectivity index (χ1v) is 6.77. The summed E-state index contributed by atoms with van der Waals surface area (Å²) in [6.07, 6.45) is 2.62. The molecule has 1 heterocycles. The van der Waals surface area contributed by atoms with Crippen LogP contribution in [-0.4, -0.2) is 4.98 Å². The fourth-order valence-corrected chi connectivity index (χ4v) is 2.56. The Morgan fingerprint density at radius 1 is 1.35 bits per heavy atom. The van der Waals surface area contributed by atoms with Crippen molar-refractivity contribution in [2.24, 2.45) is 0 Å². The number of benzene rings is 1. The van der Waals surface area contributed by atoms with Gasteiger partial charge in [0.15, 0.2) is 4.47 Å². The number of nitrogens with zero attached hydrogens (tertiary/aromatic N) is 1. The van der Waals surface area contributed by atoms with E-state index in [1.165, 1.54) is 11.3 Å². The van der Waals surface area contributed by atoms with Crippen molar-refractivity contribution in [1.29, 1.82) is 0 Å². The molecule has 5 heteroatoms. The summed E-state index contributed by atoms with van der Waals surface area (Å²) in [6.45, 7) is 2.54. The molecular weight excluding hydrogens is 277 g/mol. The normalized spacial score (nSPS) is 10.5. The Morgan fingerprint density at radius 3 is 2.82 bits per heavy atom. The van der Waals surface area contributed by atoms with Crippen LogP contribution in [0.1, 0.15) is 17.4 Å². The first-order chi connectivity index (χ1) is 8.19. The molecule has 2 aromatic rings. The van der Waals surface area contributed by atoms with E-state index in [1.54, 1.807) is 6.20 Å². The van der Waals surface area contributed by atoms with Gasteiger partial charge in [0.25, 0.3) is 0 Å². The molecule has 0 aliphatic carbocycles. The Balaban J connectivity index is 2.04. The summed E-state index contributed by atoms with van der Waals surface area (Å²) < 4.78 is 6.19. The maximum atomic E-state index is 6.04. The van der Waals surface area contributed by atoms with Gasteiger partial charge in [-0.3, -0.25) is 0 Å². The molecule has 0 aliphatic heterocycles. The van der Waals surface area contributed by atoms with E-state index in [-0.39, 0.29) is 0 Å². The van der Waals surface area contributed by atoms with Crippen molar-refractivity contribution in [1.82, 2.24) is 4.98 Å². The minimum absolute atomic E-state index is 0.481. The van der Waals surface area contributed by atoms with Gasteiger partial charge in [0.05, 0.1) is 4.88 Å². The van der Waals surface area contributed by atoms with Crippen LogP contribution in [0.4, 0.5) is 0 Å². The van der Waals surface area contributed by atoms with Crippen LogP contribution >= 0.6 is 34.5 Å². The topological polar surface area (TPSA) is 22.1 Å². The van der Waals surface area contributed by atoms with Crippen molar-refractivity contribution >= 4 is 34.5 Å². The zero-order valence-corrected chi connectivity index (χ0v) is 11.6. The van der Waals surface area contributed by atoms with E-state index >= 15 is 0 Å². The van der Waals surface area contributed by atoms with Crippen molar-refractivity contribution in [3.8, 4) is 5.75 Å². The molecule has 17 heavy (non-hydrogen) atoms. The van der Waals surface area contributed by atoms with Crippen LogP contribution < -0.4 is 4.74 Å². The molecule has 1 aromatic heterocycles. The second-order valence-corrected chi connectivity index (χ2v) is 5.58. The van der Waals surface area contributed by atoms with E-state index < -0.39 is 0 Å².